The molecule has 6 nitrogen and oxygen atoms in total. The van der Waals surface area contributed by atoms with Crippen LogP contribution in [0.4, 0.5) is 0 Å². The van der Waals surface area contributed by atoms with Crippen molar-refractivity contribution >= 4 is 11.9 Å². The molecule has 0 aliphatic rings. The summed E-state index contributed by atoms with van der Waals surface area (Å²) in [5.41, 5.74) is 0. The topological polar surface area (TPSA) is 95.9 Å². The highest BCUT2D eigenvalue weighted by atomic mass is 16.5. The molecule has 3 atom stereocenters. The molecule has 0 radical (unpaired) electrons. The summed E-state index contributed by atoms with van der Waals surface area (Å²) >= 11 is 0. The first-order chi connectivity index (χ1) is 28.0. The number of carbonyl (C=O) groups is 2. The lowest BCUT2D eigenvalue weighted by molar-refractivity contribution is -0.150. The van der Waals surface area contributed by atoms with Gasteiger partial charge in [-0.25, -0.2) is 0 Å². The van der Waals surface area contributed by atoms with E-state index in [1.54, 1.807) is 0 Å². The molecule has 0 rings (SSSR count). The Balaban J connectivity index is 4.51. The van der Waals surface area contributed by atoms with E-state index in [1.807, 2.05) is 6.08 Å². The molecule has 0 aromatic rings. The molecule has 0 saturated carbocycles. The molecule has 1 amide bonds. The van der Waals surface area contributed by atoms with Crippen molar-refractivity contribution in [3.05, 3.63) is 36.5 Å². The van der Waals surface area contributed by atoms with E-state index in [0.717, 1.165) is 64.2 Å². The van der Waals surface area contributed by atoms with Gasteiger partial charge in [-0.15, -0.1) is 0 Å². The van der Waals surface area contributed by atoms with E-state index in [0.29, 0.717) is 19.3 Å². The molecule has 0 fully saturated rings. The summed E-state index contributed by atoms with van der Waals surface area (Å²) in [5.74, 6) is -0.568. The highest BCUT2D eigenvalue weighted by molar-refractivity contribution is 5.77. The van der Waals surface area contributed by atoms with E-state index in [1.165, 1.54) is 135 Å². The zero-order valence-electron chi connectivity index (χ0n) is 38.0. The van der Waals surface area contributed by atoms with Crippen molar-refractivity contribution in [2.45, 2.75) is 270 Å². The Hall–Kier alpha value is -1.92. The van der Waals surface area contributed by atoms with E-state index in [4.69, 9.17) is 4.74 Å². The summed E-state index contributed by atoms with van der Waals surface area (Å²) in [7, 11) is 0. The summed E-state index contributed by atoms with van der Waals surface area (Å²) < 4.78 is 5.85. The largest absolute Gasteiger partial charge is 0.462 e. The second-order valence-electron chi connectivity index (χ2n) is 16.9. The van der Waals surface area contributed by atoms with E-state index in [-0.39, 0.29) is 31.3 Å². The minimum Gasteiger partial charge on any atom is -0.462 e. The van der Waals surface area contributed by atoms with Crippen LogP contribution in [0, 0.1) is 0 Å². The average Bonchev–Trinajstić information content (AvgIpc) is 3.20. The third-order valence-corrected chi connectivity index (χ3v) is 11.2. The number of hydrogen-bond acceptors (Lipinski definition) is 5. The number of esters is 1. The second kappa shape index (κ2) is 45.2. The van der Waals surface area contributed by atoms with Gasteiger partial charge >= 0.3 is 5.97 Å². The number of rotatable bonds is 44. The molecular formula is C51H95NO5. The molecule has 3 unspecified atom stereocenters. The fourth-order valence-electron chi connectivity index (χ4n) is 7.41. The molecule has 0 heterocycles. The van der Waals surface area contributed by atoms with Gasteiger partial charge in [0.25, 0.3) is 0 Å². The maximum absolute atomic E-state index is 13.1. The Morgan fingerprint density at radius 1 is 0.509 bits per heavy atom. The molecule has 0 aliphatic heterocycles. The molecule has 0 aromatic heterocycles. The van der Waals surface area contributed by atoms with Crippen molar-refractivity contribution in [2.24, 2.45) is 0 Å². The molecule has 0 saturated heterocycles. The lowest BCUT2D eigenvalue weighted by Gasteiger charge is -2.24. The molecular weight excluding hydrogens is 707 g/mol. The van der Waals surface area contributed by atoms with Gasteiger partial charge in [0.05, 0.1) is 25.2 Å². The number of nitrogens with one attached hydrogen (secondary N) is 1. The van der Waals surface area contributed by atoms with Crippen molar-refractivity contribution < 1.29 is 24.5 Å². The monoisotopic (exact) mass is 802 g/mol. The summed E-state index contributed by atoms with van der Waals surface area (Å²) in [6.45, 7) is 6.42. The van der Waals surface area contributed by atoms with Gasteiger partial charge in [0.15, 0.2) is 0 Å². The molecule has 0 bridgehead atoms. The van der Waals surface area contributed by atoms with E-state index >= 15 is 0 Å². The van der Waals surface area contributed by atoms with Crippen molar-refractivity contribution in [1.29, 1.82) is 0 Å². The molecule has 6 heteroatoms. The highest BCUT2D eigenvalue weighted by Gasteiger charge is 2.24. The minimum absolute atomic E-state index is 0.0458. The number of ether oxygens (including phenoxy) is 1. The Morgan fingerprint density at radius 2 is 0.912 bits per heavy atom. The maximum atomic E-state index is 13.1. The van der Waals surface area contributed by atoms with Crippen LogP contribution < -0.4 is 5.32 Å². The number of allylic oxidation sites excluding steroid dienone is 6. The normalized spacial score (nSPS) is 13.6. The quantitative estimate of drug-likeness (QED) is 0.0324. The fourth-order valence-corrected chi connectivity index (χ4v) is 7.41. The maximum Gasteiger partial charge on any atom is 0.306 e. The summed E-state index contributed by atoms with van der Waals surface area (Å²) in [6, 6.07) is -0.713. The Kier molecular flexibility index (Phi) is 43.6. The molecule has 57 heavy (non-hydrogen) atoms. The number of carbonyl (C=O) groups excluding carboxylic acids is 2. The van der Waals surface area contributed by atoms with Gasteiger partial charge in [-0.2, -0.15) is 0 Å². The number of aliphatic hydroxyl groups is 2. The standard InChI is InChI=1S/C51H95NO5/c1-4-7-10-13-16-19-21-23-24-25-27-28-31-34-37-40-43-49(54)48(46-53)52-50(55)45-47(42-39-36-33-30-18-15-12-9-6-3)57-51(56)44-41-38-35-32-29-26-22-20-17-14-11-8-5-2/h15,18,26,29,35,38,47-49,53-54H,4-14,16-17,19-25,27-28,30-34,36-37,39-46H2,1-3H3,(H,52,55)/b18-15-,29-26-,38-35+. The molecule has 0 aromatic carbocycles. The number of aliphatic hydroxyl groups excluding tert-OH is 2. The van der Waals surface area contributed by atoms with E-state index < -0.39 is 18.2 Å². The van der Waals surface area contributed by atoms with Crippen molar-refractivity contribution in [3.8, 4) is 0 Å². The lowest BCUT2D eigenvalue weighted by Crippen LogP contribution is -2.46. The third kappa shape index (κ3) is 40.6. The minimum atomic E-state index is -0.797. The van der Waals surface area contributed by atoms with Crippen molar-refractivity contribution in [3.63, 3.8) is 0 Å². The Bertz CT molecular complexity index is 946. The SMILES string of the molecule is CCCC/C=C\CCCCCC(CC(=O)NC(CO)C(O)CCCCCCCCCCCCCCCCCC)OC(=O)CC/C=C/C/C=C\CCCCCCCC. The van der Waals surface area contributed by atoms with Gasteiger partial charge in [0, 0.05) is 6.42 Å². The van der Waals surface area contributed by atoms with Crippen LogP contribution in [0.5, 0.6) is 0 Å². The van der Waals surface area contributed by atoms with Gasteiger partial charge < -0.3 is 20.3 Å². The van der Waals surface area contributed by atoms with Crippen LogP contribution in [-0.4, -0.2) is 46.9 Å². The predicted octanol–water partition coefficient (Wildman–Crippen LogP) is 14.5. The van der Waals surface area contributed by atoms with Crippen LogP contribution >= 0.6 is 0 Å². The van der Waals surface area contributed by atoms with Crippen LogP contribution in [-0.2, 0) is 14.3 Å². The first-order valence-corrected chi connectivity index (χ1v) is 24.7. The van der Waals surface area contributed by atoms with Gasteiger partial charge in [0.1, 0.15) is 6.10 Å². The van der Waals surface area contributed by atoms with Gasteiger partial charge in [-0.3, -0.25) is 9.59 Å². The van der Waals surface area contributed by atoms with Crippen LogP contribution in [0.15, 0.2) is 36.5 Å². The summed E-state index contributed by atoms with van der Waals surface area (Å²) in [6.07, 6.45) is 52.2. The van der Waals surface area contributed by atoms with E-state index in [2.05, 4.69) is 56.5 Å². The Morgan fingerprint density at radius 3 is 1.42 bits per heavy atom. The van der Waals surface area contributed by atoms with Crippen molar-refractivity contribution in [2.75, 3.05) is 6.61 Å². The molecule has 3 N–H and O–H groups in total. The van der Waals surface area contributed by atoms with Crippen LogP contribution in [0.25, 0.3) is 0 Å². The second-order valence-corrected chi connectivity index (χ2v) is 16.9. The van der Waals surface area contributed by atoms with Gasteiger partial charge in [-0.1, -0.05) is 211 Å². The molecule has 0 spiro atoms. The summed E-state index contributed by atoms with van der Waals surface area (Å²) in [5, 5.41) is 23.7. The predicted molar refractivity (Wildman–Crippen MR) is 246 cm³/mol. The van der Waals surface area contributed by atoms with Gasteiger partial charge in [-0.05, 0) is 64.2 Å². The summed E-state index contributed by atoms with van der Waals surface area (Å²) in [4.78, 5) is 25.9. The number of hydrogen-bond donors (Lipinski definition) is 3. The van der Waals surface area contributed by atoms with Crippen molar-refractivity contribution in [1.82, 2.24) is 5.32 Å². The highest BCUT2D eigenvalue weighted by Crippen LogP contribution is 2.17. The zero-order chi connectivity index (χ0) is 41.7. The zero-order valence-corrected chi connectivity index (χ0v) is 38.0. The first-order valence-electron chi connectivity index (χ1n) is 24.7. The van der Waals surface area contributed by atoms with Gasteiger partial charge in [0.2, 0.25) is 5.91 Å². The third-order valence-electron chi connectivity index (χ3n) is 11.2. The first kappa shape index (κ1) is 55.1. The number of unbranched alkanes of at least 4 members (excludes halogenated alkanes) is 26. The number of amides is 1. The average molecular weight is 802 g/mol. The van der Waals surface area contributed by atoms with Crippen LogP contribution in [0.2, 0.25) is 0 Å². The Labute approximate surface area is 353 Å². The molecule has 334 valence electrons. The van der Waals surface area contributed by atoms with E-state index in [9.17, 15) is 19.8 Å². The lowest BCUT2D eigenvalue weighted by atomic mass is 10.0. The van der Waals surface area contributed by atoms with Crippen LogP contribution in [0.1, 0.15) is 252 Å². The fraction of sp³-hybridized carbons (Fsp3) is 0.843. The smallest absolute Gasteiger partial charge is 0.306 e. The van der Waals surface area contributed by atoms with Crippen LogP contribution in [0.3, 0.4) is 0 Å². The molecule has 0 aliphatic carbocycles.